The molecule has 0 bridgehead atoms. The summed E-state index contributed by atoms with van der Waals surface area (Å²) in [7, 11) is 0. The summed E-state index contributed by atoms with van der Waals surface area (Å²) in [6.07, 6.45) is 2.29. The van der Waals surface area contributed by atoms with E-state index in [4.69, 9.17) is 5.11 Å². The zero-order valence-electron chi connectivity index (χ0n) is 9.80. The molecule has 96 valence electrons. The first-order chi connectivity index (χ1) is 8.59. The number of benzene rings is 1. The summed E-state index contributed by atoms with van der Waals surface area (Å²) >= 11 is 2.14. The molecule has 2 rings (SSSR count). The van der Waals surface area contributed by atoms with Gasteiger partial charge in [-0.15, -0.1) is 0 Å². The van der Waals surface area contributed by atoms with E-state index >= 15 is 0 Å². The molecule has 4 nitrogen and oxygen atoms in total. The van der Waals surface area contributed by atoms with Gasteiger partial charge in [0.05, 0.1) is 0 Å². The van der Waals surface area contributed by atoms with Crippen LogP contribution in [0.4, 0.5) is 0 Å². The Bertz CT molecular complexity index is 475. The average molecular weight is 359 g/mol. The Labute approximate surface area is 119 Å². The highest BCUT2D eigenvalue weighted by Crippen LogP contribution is 2.20. The van der Waals surface area contributed by atoms with Crippen molar-refractivity contribution in [3.63, 3.8) is 0 Å². The van der Waals surface area contributed by atoms with Crippen LogP contribution in [0.5, 0.6) is 0 Å². The Morgan fingerprint density at radius 3 is 2.78 bits per heavy atom. The normalized spacial score (nSPS) is 19.6. The van der Waals surface area contributed by atoms with E-state index in [0.717, 1.165) is 16.4 Å². The van der Waals surface area contributed by atoms with Crippen molar-refractivity contribution < 1.29 is 14.7 Å². The first-order valence-electron chi connectivity index (χ1n) is 5.89. The highest BCUT2D eigenvalue weighted by Gasteiger charge is 2.32. The molecule has 1 amide bonds. The van der Waals surface area contributed by atoms with E-state index in [1.54, 1.807) is 12.1 Å². The maximum atomic E-state index is 12.3. The van der Waals surface area contributed by atoms with Crippen molar-refractivity contribution in [2.45, 2.75) is 25.3 Å². The van der Waals surface area contributed by atoms with E-state index in [2.05, 4.69) is 22.6 Å². The van der Waals surface area contributed by atoms with Gasteiger partial charge in [-0.05, 0) is 60.1 Å². The molecule has 1 unspecified atom stereocenters. The summed E-state index contributed by atoms with van der Waals surface area (Å²) < 4.78 is 0.974. The van der Waals surface area contributed by atoms with Crippen LogP contribution in [0.1, 0.15) is 29.6 Å². The number of carbonyl (C=O) groups is 2. The van der Waals surface area contributed by atoms with Crippen molar-refractivity contribution in [3.8, 4) is 0 Å². The Morgan fingerprint density at radius 1 is 1.33 bits per heavy atom. The number of carboxylic acids is 1. The zero-order valence-corrected chi connectivity index (χ0v) is 12.0. The molecule has 18 heavy (non-hydrogen) atoms. The summed E-state index contributed by atoms with van der Waals surface area (Å²) in [6, 6.07) is 6.56. The van der Waals surface area contributed by atoms with Crippen LogP contribution in [0.15, 0.2) is 24.3 Å². The van der Waals surface area contributed by atoms with Crippen LogP contribution < -0.4 is 0 Å². The van der Waals surface area contributed by atoms with Gasteiger partial charge >= 0.3 is 5.97 Å². The van der Waals surface area contributed by atoms with Gasteiger partial charge in [0.1, 0.15) is 6.04 Å². The van der Waals surface area contributed by atoms with E-state index in [0.29, 0.717) is 18.5 Å². The summed E-state index contributed by atoms with van der Waals surface area (Å²) in [5.41, 5.74) is 0.565. The number of carbonyl (C=O) groups excluding carboxylic acids is 1. The van der Waals surface area contributed by atoms with Gasteiger partial charge in [0, 0.05) is 15.7 Å². The number of carboxylic acid groups (broad SMARTS) is 1. The van der Waals surface area contributed by atoms with E-state index in [9.17, 15) is 9.59 Å². The van der Waals surface area contributed by atoms with Gasteiger partial charge in [0.25, 0.3) is 5.91 Å². The van der Waals surface area contributed by atoms with Crippen LogP contribution in [-0.4, -0.2) is 34.5 Å². The fourth-order valence-electron chi connectivity index (χ4n) is 2.22. The Hall–Kier alpha value is -1.11. The van der Waals surface area contributed by atoms with Gasteiger partial charge in [-0.2, -0.15) is 0 Å². The topological polar surface area (TPSA) is 57.6 Å². The number of nitrogens with zero attached hydrogens (tertiary/aromatic N) is 1. The highest BCUT2D eigenvalue weighted by atomic mass is 127. The molecule has 1 aliphatic rings. The first-order valence-corrected chi connectivity index (χ1v) is 6.97. The minimum atomic E-state index is -0.909. The molecule has 1 aromatic rings. The van der Waals surface area contributed by atoms with E-state index in [-0.39, 0.29) is 5.91 Å². The standard InChI is InChI=1S/C13H14INO3/c14-10-5-3-4-9(8-10)12(16)15-7-2-1-6-11(15)13(17)18/h3-5,8,11H,1-2,6-7H2,(H,17,18). The molecule has 0 saturated carbocycles. The van der Waals surface area contributed by atoms with Crippen molar-refractivity contribution in [2.75, 3.05) is 6.54 Å². The van der Waals surface area contributed by atoms with Crippen molar-refractivity contribution in [1.29, 1.82) is 0 Å². The number of aliphatic carboxylic acids is 1. The Balaban J connectivity index is 2.23. The number of halogens is 1. The Kier molecular flexibility index (Phi) is 4.21. The van der Waals surface area contributed by atoms with Crippen LogP contribution in [0.3, 0.4) is 0 Å². The summed E-state index contributed by atoms with van der Waals surface area (Å²) in [4.78, 5) is 25.0. The fourth-order valence-corrected chi connectivity index (χ4v) is 2.76. The second-order valence-corrected chi connectivity index (χ2v) is 5.60. The second-order valence-electron chi connectivity index (χ2n) is 4.36. The van der Waals surface area contributed by atoms with Gasteiger partial charge < -0.3 is 10.0 Å². The molecule has 1 aromatic carbocycles. The van der Waals surface area contributed by atoms with E-state index < -0.39 is 12.0 Å². The zero-order chi connectivity index (χ0) is 13.1. The quantitative estimate of drug-likeness (QED) is 0.825. The summed E-state index contributed by atoms with van der Waals surface area (Å²) in [5.74, 6) is -1.09. The molecule has 0 radical (unpaired) electrons. The lowest BCUT2D eigenvalue weighted by Gasteiger charge is -2.33. The average Bonchev–Trinajstić information content (AvgIpc) is 2.38. The lowest BCUT2D eigenvalue weighted by Crippen LogP contribution is -2.48. The lowest BCUT2D eigenvalue weighted by atomic mass is 10.0. The summed E-state index contributed by atoms with van der Waals surface area (Å²) in [5, 5.41) is 9.16. The van der Waals surface area contributed by atoms with Crippen molar-refractivity contribution in [1.82, 2.24) is 4.90 Å². The molecule has 1 N–H and O–H groups in total. The van der Waals surface area contributed by atoms with E-state index in [1.165, 1.54) is 4.90 Å². The number of hydrogen-bond acceptors (Lipinski definition) is 2. The minimum Gasteiger partial charge on any atom is -0.480 e. The smallest absolute Gasteiger partial charge is 0.326 e. The van der Waals surface area contributed by atoms with Gasteiger partial charge in [0.15, 0.2) is 0 Å². The number of likely N-dealkylation sites (tertiary alicyclic amines) is 1. The molecule has 1 heterocycles. The predicted octanol–water partition coefficient (Wildman–Crippen LogP) is 2.37. The third-order valence-corrected chi connectivity index (χ3v) is 3.79. The van der Waals surface area contributed by atoms with Crippen LogP contribution in [0.25, 0.3) is 0 Å². The molecule has 0 aliphatic carbocycles. The Morgan fingerprint density at radius 2 is 2.11 bits per heavy atom. The maximum Gasteiger partial charge on any atom is 0.326 e. The number of amides is 1. The third-order valence-electron chi connectivity index (χ3n) is 3.12. The van der Waals surface area contributed by atoms with E-state index in [1.807, 2.05) is 12.1 Å². The monoisotopic (exact) mass is 359 g/mol. The molecule has 1 atom stereocenters. The number of rotatable bonds is 2. The molecule has 5 heteroatoms. The molecule has 1 aliphatic heterocycles. The summed E-state index contributed by atoms with van der Waals surface area (Å²) in [6.45, 7) is 0.529. The molecular formula is C13H14INO3. The lowest BCUT2D eigenvalue weighted by molar-refractivity contribution is -0.143. The third kappa shape index (κ3) is 2.82. The largest absolute Gasteiger partial charge is 0.480 e. The van der Waals surface area contributed by atoms with Gasteiger partial charge in [0.2, 0.25) is 0 Å². The van der Waals surface area contributed by atoms with Crippen LogP contribution in [0.2, 0.25) is 0 Å². The van der Waals surface area contributed by atoms with Crippen molar-refractivity contribution in [2.24, 2.45) is 0 Å². The molecular weight excluding hydrogens is 345 g/mol. The SMILES string of the molecule is O=C(O)C1CCCCN1C(=O)c1cccc(I)c1. The van der Waals surface area contributed by atoms with Gasteiger partial charge in [-0.25, -0.2) is 4.79 Å². The highest BCUT2D eigenvalue weighted by molar-refractivity contribution is 14.1. The molecule has 1 saturated heterocycles. The first kappa shape index (κ1) is 13.3. The van der Waals surface area contributed by atoms with Crippen molar-refractivity contribution >= 4 is 34.5 Å². The fraction of sp³-hybridized carbons (Fsp3) is 0.385. The maximum absolute atomic E-state index is 12.3. The second kappa shape index (κ2) is 5.69. The van der Waals surface area contributed by atoms with Gasteiger partial charge in [-0.1, -0.05) is 6.07 Å². The molecule has 0 aromatic heterocycles. The minimum absolute atomic E-state index is 0.180. The van der Waals surface area contributed by atoms with Crippen LogP contribution >= 0.6 is 22.6 Å². The van der Waals surface area contributed by atoms with Crippen LogP contribution in [0, 0.1) is 3.57 Å². The van der Waals surface area contributed by atoms with Crippen molar-refractivity contribution in [3.05, 3.63) is 33.4 Å². The van der Waals surface area contributed by atoms with Gasteiger partial charge in [-0.3, -0.25) is 4.79 Å². The molecule has 1 fully saturated rings. The number of piperidine rings is 1. The predicted molar refractivity (Wildman–Crippen MR) is 75.5 cm³/mol. The number of hydrogen-bond donors (Lipinski definition) is 1. The molecule has 0 spiro atoms. The van der Waals surface area contributed by atoms with Crippen LogP contribution in [-0.2, 0) is 4.79 Å².